The molecule has 4 nitrogen and oxygen atoms in total. The lowest BCUT2D eigenvalue weighted by Gasteiger charge is -2.41. The Hall–Kier alpha value is -2.33. The van der Waals surface area contributed by atoms with Crippen molar-refractivity contribution in [3.05, 3.63) is 65.7 Å². The van der Waals surface area contributed by atoms with Crippen molar-refractivity contribution >= 4 is 5.71 Å². The van der Waals surface area contributed by atoms with E-state index >= 15 is 0 Å². The maximum absolute atomic E-state index is 6.41. The van der Waals surface area contributed by atoms with Gasteiger partial charge >= 0.3 is 0 Å². The molecule has 0 amide bonds. The number of para-hydroxylation sites is 1. The molecule has 2 aromatic carbocycles. The average molecular weight is 351 g/mol. The van der Waals surface area contributed by atoms with Crippen molar-refractivity contribution < 1.29 is 14.3 Å². The van der Waals surface area contributed by atoms with Crippen molar-refractivity contribution in [2.24, 2.45) is 10.6 Å². The molecule has 2 aliphatic rings. The maximum atomic E-state index is 6.41. The normalized spacial score (nSPS) is 27.4. The van der Waals surface area contributed by atoms with Crippen LogP contribution in [0.1, 0.15) is 37.3 Å². The second-order valence-corrected chi connectivity index (χ2v) is 7.23. The zero-order valence-electron chi connectivity index (χ0n) is 15.4. The van der Waals surface area contributed by atoms with Gasteiger partial charge in [0.05, 0.1) is 25.2 Å². The molecule has 0 spiro atoms. The van der Waals surface area contributed by atoms with Gasteiger partial charge < -0.3 is 14.3 Å². The Kier molecular flexibility index (Phi) is 4.68. The van der Waals surface area contributed by atoms with E-state index in [2.05, 4.69) is 30.3 Å². The number of methoxy groups -OCH3 is 1. The molecule has 4 heteroatoms. The first-order valence-electron chi connectivity index (χ1n) is 9.26. The molecule has 4 rings (SSSR count). The van der Waals surface area contributed by atoms with Crippen LogP contribution in [0, 0.1) is 5.41 Å². The van der Waals surface area contributed by atoms with Gasteiger partial charge in [-0.1, -0.05) is 47.6 Å². The molecule has 1 fully saturated rings. The molecule has 0 bridgehead atoms. The molecule has 136 valence electrons. The van der Waals surface area contributed by atoms with Gasteiger partial charge in [0.25, 0.3) is 0 Å². The third-order valence-electron chi connectivity index (χ3n) is 5.71. The monoisotopic (exact) mass is 351 g/mol. The van der Waals surface area contributed by atoms with Crippen LogP contribution in [0.25, 0.3) is 0 Å². The van der Waals surface area contributed by atoms with Crippen molar-refractivity contribution in [1.82, 2.24) is 0 Å². The van der Waals surface area contributed by atoms with E-state index in [-0.39, 0.29) is 17.6 Å². The van der Waals surface area contributed by atoms with Crippen LogP contribution in [0.4, 0.5) is 0 Å². The fraction of sp³-hybridized carbons (Fsp3) is 0.409. The molecule has 0 aromatic heterocycles. The van der Waals surface area contributed by atoms with Gasteiger partial charge in [-0.15, -0.1) is 0 Å². The van der Waals surface area contributed by atoms with Gasteiger partial charge in [0.1, 0.15) is 17.6 Å². The van der Waals surface area contributed by atoms with E-state index in [1.807, 2.05) is 36.4 Å². The minimum absolute atomic E-state index is 0.0527. The van der Waals surface area contributed by atoms with Crippen LogP contribution in [0.15, 0.2) is 59.8 Å². The summed E-state index contributed by atoms with van der Waals surface area (Å²) in [6.45, 7) is 2.83. The molecule has 0 N–H and O–H groups in total. The summed E-state index contributed by atoms with van der Waals surface area (Å²) in [4.78, 5) is 5.86. The maximum Gasteiger partial charge on any atom is 0.141 e. The molecular weight excluding hydrogens is 326 g/mol. The number of hydrogen-bond donors (Lipinski definition) is 0. The minimum atomic E-state index is -0.276. The molecule has 0 saturated heterocycles. The lowest BCUT2D eigenvalue weighted by atomic mass is 9.67. The van der Waals surface area contributed by atoms with Crippen LogP contribution >= 0.6 is 0 Å². The second-order valence-electron chi connectivity index (χ2n) is 7.23. The zero-order valence-corrected chi connectivity index (χ0v) is 15.4. The third-order valence-corrected chi connectivity index (χ3v) is 5.71. The van der Waals surface area contributed by atoms with Crippen molar-refractivity contribution in [1.29, 1.82) is 0 Å². The highest BCUT2D eigenvalue weighted by Crippen LogP contribution is 2.47. The Labute approximate surface area is 154 Å². The van der Waals surface area contributed by atoms with E-state index < -0.39 is 0 Å². The van der Waals surface area contributed by atoms with E-state index in [0.29, 0.717) is 6.61 Å². The van der Waals surface area contributed by atoms with Crippen LogP contribution in [0.5, 0.6) is 5.75 Å². The Morgan fingerprint density at radius 1 is 1.08 bits per heavy atom. The standard InChI is InChI=1S/C22H25NO3/c1-22-19(25-15-16-9-4-3-5-10-16)13-8-14-20(22)26-23-21(22)17-11-6-7-12-18(17)24-2/h3-7,9-12,19-20H,8,13-15H2,1-2H3. The van der Waals surface area contributed by atoms with E-state index in [1.165, 1.54) is 5.56 Å². The molecule has 3 unspecified atom stereocenters. The summed E-state index contributed by atoms with van der Waals surface area (Å²) < 4.78 is 12.0. The van der Waals surface area contributed by atoms with Crippen LogP contribution in [0.2, 0.25) is 0 Å². The molecule has 3 atom stereocenters. The average Bonchev–Trinajstić information content (AvgIpc) is 3.04. The van der Waals surface area contributed by atoms with Gasteiger partial charge in [-0.05, 0) is 43.9 Å². The highest BCUT2D eigenvalue weighted by molar-refractivity contribution is 6.07. The minimum Gasteiger partial charge on any atom is -0.496 e. The quantitative estimate of drug-likeness (QED) is 0.792. The fourth-order valence-electron chi connectivity index (χ4n) is 4.18. The van der Waals surface area contributed by atoms with Crippen LogP contribution in [-0.4, -0.2) is 25.0 Å². The van der Waals surface area contributed by atoms with E-state index in [9.17, 15) is 0 Å². The molecule has 1 aliphatic heterocycles. The Morgan fingerprint density at radius 2 is 1.85 bits per heavy atom. The van der Waals surface area contributed by atoms with Crippen molar-refractivity contribution in [2.45, 2.75) is 45.0 Å². The second kappa shape index (κ2) is 7.12. The summed E-state index contributed by atoms with van der Waals surface area (Å²) in [6.07, 6.45) is 3.22. The molecule has 26 heavy (non-hydrogen) atoms. The Morgan fingerprint density at radius 3 is 2.65 bits per heavy atom. The summed E-state index contributed by atoms with van der Waals surface area (Å²) in [5.41, 5.74) is 2.85. The molecule has 1 heterocycles. The van der Waals surface area contributed by atoms with Gasteiger partial charge in [-0.2, -0.15) is 0 Å². The zero-order chi connectivity index (χ0) is 18.0. The predicted octanol–water partition coefficient (Wildman–Crippen LogP) is 4.57. The number of oxime groups is 1. The number of rotatable bonds is 5. The molecule has 0 radical (unpaired) electrons. The van der Waals surface area contributed by atoms with Crippen molar-refractivity contribution in [3.63, 3.8) is 0 Å². The lowest BCUT2D eigenvalue weighted by Crippen LogP contribution is -2.50. The Balaban J connectivity index is 1.62. The number of nitrogens with zero attached hydrogens (tertiary/aromatic N) is 1. The fourth-order valence-corrected chi connectivity index (χ4v) is 4.18. The first-order chi connectivity index (χ1) is 12.7. The van der Waals surface area contributed by atoms with Gasteiger partial charge in [0.15, 0.2) is 0 Å². The lowest BCUT2D eigenvalue weighted by molar-refractivity contribution is -0.0972. The summed E-state index contributed by atoms with van der Waals surface area (Å²) in [6, 6.07) is 18.3. The summed E-state index contributed by atoms with van der Waals surface area (Å²) in [5.74, 6) is 0.823. The highest BCUT2D eigenvalue weighted by Gasteiger charge is 2.54. The summed E-state index contributed by atoms with van der Waals surface area (Å²) >= 11 is 0. The van der Waals surface area contributed by atoms with E-state index in [1.54, 1.807) is 7.11 Å². The largest absolute Gasteiger partial charge is 0.496 e. The van der Waals surface area contributed by atoms with Gasteiger partial charge in [-0.3, -0.25) is 0 Å². The molecule has 1 saturated carbocycles. The number of hydrogen-bond acceptors (Lipinski definition) is 4. The topological polar surface area (TPSA) is 40.0 Å². The predicted molar refractivity (Wildman–Crippen MR) is 101 cm³/mol. The molecule has 2 aromatic rings. The molecule has 1 aliphatic carbocycles. The number of ether oxygens (including phenoxy) is 2. The summed E-state index contributed by atoms with van der Waals surface area (Å²) in [7, 11) is 1.69. The third kappa shape index (κ3) is 2.88. The molecular formula is C22H25NO3. The van der Waals surface area contributed by atoms with Crippen LogP contribution in [-0.2, 0) is 16.2 Å². The SMILES string of the molecule is COc1ccccc1C1=NOC2CCCC(OCc3ccccc3)C12C. The van der Waals surface area contributed by atoms with E-state index in [4.69, 9.17) is 14.3 Å². The summed E-state index contributed by atoms with van der Waals surface area (Å²) in [5, 5.41) is 4.49. The van der Waals surface area contributed by atoms with Gasteiger partial charge in [-0.25, -0.2) is 0 Å². The van der Waals surface area contributed by atoms with Crippen molar-refractivity contribution in [2.75, 3.05) is 7.11 Å². The first-order valence-corrected chi connectivity index (χ1v) is 9.26. The number of fused-ring (bicyclic) bond motifs is 1. The van der Waals surface area contributed by atoms with Gasteiger partial charge in [0.2, 0.25) is 0 Å². The van der Waals surface area contributed by atoms with Crippen LogP contribution in [0.3, 0.4) is 0 Å². The smallest absolute Gasteiger partial charge is 0.141 e. The number of benzene rings is 2. The van der Waals surface area contributed by atoms with E-state index in [0.717, 1.165) is 36.3 Å². The highest BCUT2D eigenvalue weighted by atomic mass is 16.6. The Bertz CT molecular complexity index is 789. The van der Waals surface area contributed by atoms with Crippen molar-refractivity contribution in [3.8, 4) is 5.75 Å². The van der Waals surface area contributed by atoms with Gasteiger partial charge in [0, 0.05) is 5.56 Å². The van der Waals surface area contributed by atoms with Crippen LogP contribution < -0.4 is 4.74 Å². The first kappa shape index (κ1) is 17.1.